The van der Waals surface area contributed by atoms with Crippen molar-refractivity contribution in [2.45, 2.75) is 38.5 Å². The van der Waals surface area contributed by atoms with E-state index in [0.29, 0.717) is 11.8 Å². The monoisotopic (exact) mass is 190 g/mol. The van der Waals surface area contributed by atoms with Crippen molar-refractivity contribution in [1.29, 1.82) is 0 Å². The van der Waals surface area contributed by atoms with E-state index in [1.807, 2.05) is 0 Å². The Labute approximate surface area is 82.6 Å². The van der Waals surface area contributed by atoms with Crippen LogP contribution in [0.3, 0.4) is 0 Å². The van der Waals surface area contributed by atoms with E-state index in [-0.39, 0.29) is 10.9 Å². The van der Waals surface area contributed by atoms with Gasteiger partial charge in [0.1, 0.15) is 0 Å². The van der Waals surface area contributed by atoms with Crippen molar-refractivity contribution in [2.75, 3.05) is 0 Å². The molecule has 0 aliphatic heterocycles. The molecule has 0 spiro atoms. The Morgan fingerprint density at radius 1 is 0.786 bits per heavy atom. The van der Waals surface area contributed by atoms with Crippen LogP contribution >= 0.6 is 0 Å². The van der Waals surface area contributed by atoms with Crippen molar-refractivity contribution < 1.29 is 0 Å². The van der Waals surface area contributed by atoms with Crippen LogP contribution in [0.5, 0.6) is 0 Å². The first-order chi connectivity index (χ1) is 6.77. The number of hydrogen-bond donors (Lipinski definition) is 0. The predicted molar refractivity (Wildman–Crippen MR) is 54.2 cm³/mol. The molecule has 0 radical (unpaired) electrons. The summed E-state index contributed by atoms with van der Waals surface area (Å²) < 4.78 is 0. The fraction of sp³-hybridized carbons (Fsp3) is 0.667. The third kappa shape index (κ3) is 0.969. The summed E-state index contributed by atoms with van der Waals surface area (Å²) >= 11 is 0. The molecule has 2 atom stereocenters. The molecule has 74 valence electrons. The number of rotatable bonds is 0. The van der Waals surface area contributed by atoms with Crippen molar-refractivity contribution >= 4 is 0 Å². The molecule has 2 nitrogen and oxygen atoms in total. The zero-order valence-corrected chi connectivity index (χ0v) is 8.21. The van der Waals surface area contributed by atoms with Crippen molar-refractivity contribution in [1.82, 2.24) is 0 Å². The normalized spacial score (nSPS) is 31.1. The first-order valence-corrected chi connectivity index (χ1v) is 5.58. The van der Waals surface area contributed by atoms with E-state index in [4.69, 9.17) is 0 Å². The van der Waals surface area contributed by atoms with Gasteiger partial charge < -0.3 is 0 Å². The van der Waals surface area contributed by atoms with E-state index >= 15 is 0 Å². The van der Waals surface area contributed by atoms with Gasteiger partial charge in [0.05, 0.1) is 0 Å². The Kier molecular flexibility index (Phi) is 1.67. The fourth-order valence-electron chi connectivity index (χ4n) is 3.26. The minimum Gasteiger partial charge on any atom is -0.285 e. The van der Waals surface area contributed by atoms with E-state index in [0.717, 1.165) is 24.0 Å². The first kappa shape index (κ1) is 8.39. The van der Waals surface area contributed by atoms with Crippen molar-refractivity contribution in [3.63, 3.8) is 0 Å². The lowest BCUT2D eigenvalue weighted by molar-refractivity contribution is 0.217. The summed E-state index contributed by atoms with van der Waals surface area (Å²) in [6.45, 7) is 0. The highest BCUT2D eigenvalue weighted by Crippen LogP contribution is 2.38. The SMILES string of the molecule is O=c1c2c(c1=O)CC1CCCCC1C2. The topological polar surface area (TPSA) is 34.1 Å². The summed E-state index contributed by atoms with van der Waals surface area (Å²) in [5.41, 5.74) is 1.42. The summed E-state index contributed by atoms with van der Waals surface area (Å²) in [7, 11) is 0. The van der Waals surface area contributed by atoms with Crippen LogP contribution in [-0.4, -0.2) is 0 Å². The molecule has 0 aromatic heterocycles. The van der Waals surface area contributed by atoms with Crippen LogP contribution in [0.4, 0.5) is 0 Å². The third-order valence-corrected chi connectivity index (χ3v) is 4.12. The largest absolute Gasteiger partial charge is 0.285 e. The van der Waals surface area contributed by atoms with Crippen molar-refractivity contribution in [2.24, 2.45) is 11.8 Å². The molecule has 0 N–H and O–H groups in total. The summed E-state index contributed by atoms with van der Waals surface area (Å²) in [6, 6.07) is 0. The molecule has 2 heteroatoms. The Bertz CT molecular complexity index is 395. The zero-order chi connectivity index (χ0) is 9.71. The summed E-state index contributed by atoms with van der Waals surface area (Å²) in [5, 5.41) is 0. The molecule has 0 bridgehead atoms. The van der Waals surface area contributed by atoms with Crippen LogP contribution in [0.2, 0.25) is 0 Å². The second-order valence-corrected chi connectivity index (χ2v) is 4.83. The van der Waals surface area contributed by atoms with Crippen LogP contribution in [0.25, 0.3) is 0 Å². The van der Waals surface area contributed by atoms with Gasteiger partial charge in [-0.3, -0.25) is 9.59 Å². The van der Waals surface area contributed by atoms with Gasteiger partial charge in [0, 0.05) is 11.1 Å². The summed E-state index contributed by atoms with van der Waals surface area (Å²) in [5.74, 6) is 1.42. The first-order valence-electron chi connectivity index (χ1n) is 5.58. The van der Waals surface area contributed by atoms with Gasteiger partial charge in [0.15, 0.2) is 0 Å². The van der Waals surface area contributed by atoms with E-state index < -0.39 is 0 Å². The highest BCUT2D eigenvalue weighted by molar-refractivity contribution is 5.36. The lowest BCUT2D eigenvalue weighted by atomic mass is 9.67. The maximum absolute atomic E-state index is 11.3. The summed E-state index contributed by atoms with van der Waals surface area (Å²) in [4.78, 5) is 22.5. The van der Waals surface area contributed by atoms with Crippen LogP contribution in [-0.2, 0) is 12.8 Å². The number of fused-ring (bicyclic) bond motifs is 2. The molecule has 3 rings (SSSR count). The molecule has 0 amide bonds. The van der Waals surface area contributed by atoms with Crippen LogP contribution < -0.4 is 10.9 Å². The third-order valence-electron chi connectivity index (χ3n) is 4.12. The minimum atomic E-state index is -0.177. The highest BCUT2D eigenvalue weighted by atomic mass is 16.2. The molecule has 14 heavy (non-hydrogen) atoms. The van der Waals surface area contributed by atoms with Gasteiger partial charge in [-0.05, 0) is 37.5 Å². The molecule has 1 saturated carbocycles. The quantitative estimate of drug-likeness (QED) is 0.576. The molecule has 1 aromatic carbocycles. The lowest BCUT2D eigenvalue weighted by Gasteiger charge is -2.36. The Balaban J connectivity index is 1.96. The highest BCUT2D eigenvalue weighted by Gasteiger charge is 2.35. The second kappa shape index (κ2) is 2.78. The average Bonchev–Trinajstić information content (AvgIpc) is 2.26. The van der Waals surface area contributed by atoms with Crippen LogP contribution in [0.1, 0.15) is 36.8 Å². The molecular formula is C12H14O2. The van der Waals surface area contributed by atoms with Gasteiger partial charge in [0.25, 0.3) is 0 Å². The van der Waals surface area contributed by atoms with Crippen molar-refractivity contribution in [3.8, 4) is 0 Å². The summed E-state index contributed by atoms with van der Waals surface area (Å²) in [6.07, 6.45) is 6.97. The van der Waals surface area contributed by atoms with Crippen LogP contribution in [0.15, 0.2) is 9.59 Å². The average molecular weight is 190 g/mol. The van der Waals surface area contributed by atoms with E-state index in [1.165, 1.54) is 25.7 Å². The van der Waals surface area contributed by atoms with Gasteiger partial charge in [0.2, 0.25) is 10.9 Å². The molecule has 1 fully saturated rings. The molecule has 1 aromatic rings. The van der Waals surface area contributed by atoms with E-state index in [1.54, 1.807) is 0 Å². The molecule has 2 unspecified atom stereocenters. The van der Waals surface area contributed by atoms with Crippen molar-refractivity contribution in [3.05, 3.63) is 31.6 Å². The van der Waals surface area contributed by atoms with Gasteiger partial charge >= 0.3 is 0 Å². The van der Waals surface area contributed by atoms with Gasteiger partial charge in [-0.2, -0.15) is 0 Å². The predicted octanol–water partition coefficient (Wildman–Crippen LogP) is 1.19. The molecule has 0 saturated heterocycles. The van der Waals surface area contributed by atoms with E-state index in [2.05, 4.69) is 0 Å². The molecule has 0 heterocycles. The smallest absolute Gasteiger partial charge is 0.229 e. The van der Waals surface area contributed by atoms with Crippen LogP contribution in [0, 0.1) is 11.8 Å². The maximum atomic E-state index is 11.3. The zero-order valence-electron chi connectivity index (χ0n) is 8.21. The molecule has 2 aliphatic carbocycles. The Hall–Kier alpha value is -0.920. The van der Waals surface area contributed by atoms with E-state index in [9.17, 15) is 9.59 Å². The minimum absolute atomic E-state index is 0.177. The number of hydrogen-bond acceptors (Lipinski definition) is 2. The standard InChI is InChI=1S/C12H14O2/c13-11-9-5-7-3-1-2-4-8(7)6-10(9)12(11)14/h7-8H,1-6H2. The Morgan fingerprint density at radius 2 is 1.21 bits per heavy atom. The van der Waals surface area contributed by atoms with Gasteiger partial charge in [-0.15, -0.1) is 0 Å². The van der Waals surface area contributed by atoms with Gasteiger partial charge in [-0.1, -0.05) is 12.8 Å². The fourth-order valence-corrected chi connectivity index (χ4v) is 3.26. The lowest BCUT2D eigenvalue weighted by Crippen LogP contribution is -2.46. The molecule has 2 aliphatic rings. The van der Waals surface area contributed by atoms with Gasteiger partial charge in [-0.25, -0.2) is 0 Å². The maximum Gasteiger partial charge on any atom is 0.229 e. The molecular weight excluding hydrogens is 176 g/mol. The Morgan fingerprint density at radius 3 is 1.64 bits per heavy atom. The second-order valence-electron chi connectivity index (χ2n) is 4.83.